The van der Waals surface area contributed by atoms with E-state index in [1.165, 1.54) is 0 Å². The van der Waals surface area contributed by atoms with E-state index >= 15 is 0 Å². The van der Waals surface area contributed by atoms with Gasteiger partial charge in [-0.3, -0.25) is 9.59 Å². The predicted molar refractivity (Wildman–Crippen MR) is 50.6 cm³/mol. The third kappa shape index (κ3) is 1.28. The molecule has 5 heteroatoms. The van der Waals surface area contributed by atoms with Crippen LogP contribution in [-0.4, -0.2) is 60.4 Å². The van der Waals surface area contributed by atoms with E-state index in [1.54, 1.807) is 23.8 Å². The maximum Gasteiger partial charge on any atom is 0.244 e. The second-order valence-electron chi connectivity index (χ2n) is 3.98. The van der Waals surface area contributed by atoms with Crippen molar-refractivity contribution in [2.75, 3.05) is 26.7 Å². The summed E-state index contributed by atoms with van der Waals surface area (Å²) < 4.78 is 0. The van der Waals surface area contributed by atoms with E-state index in [4.69, 9.17) is 0 Å². The summed E-state index contributed by atoms with van der Waals surface area (Å²) in [5.74, 6) is 0.0756. The van der Waals surface area contributed by atoms with Gasteiger partial charge in [-0.05, 0) is 6.92 Å². The van der Waals surface area contributed by atoms with Crippen LogP contribution in [0.15, 0.2) is 0 Å². The van der Waals surface area contributed by atoms with Crippen LogP contribution in [0.3, 0.4) is 0 Å². The van der Waals surface area contributed by atoms with Crippen LogP contribution < -0.4 is 5.32 Å². The van der Waals surface area contributed by atoms with Crippen molar-refractivity contribution in [3.63, 3.8) is 0 Å². The molecular weight excluding hydrogens is 182 g/mol. The Bertz CT molecular complexity index is 279. The predicted octanol–water partition coefficient (Wildman–Crippen LogP) is -1.35. The molecule has 2 amide bonds. The van der Waals surface area contributed by atoms with Crippen LogP contribution in [0.25, 0.3) is 0 Å². The molecule has 2 rings (SSSR count). The first-order chi connectivity index (χ1) is 6.61. The van der Waals surface area contributed by atoms with E-state index in [-0.39, 0.29) is 23.9 Å². The number of fused-ring (bicyclic) bond motifs is 1. The number of piperazine rings is 2. The van der Waals surface area contributed by atoms with E-state index < -0.39 is 0 Å². The Morgan fingerprint density at radius 1 is 1.43 bits per heavy atom. The molecule has 2 aliphatic rings. The largest absolute Gasteiger partial charge is 0.342 e. The van der Waals surface area contributed by atoms with Gasteiger partial charge in [0.1, 0.15) is 6.04 Å². The van der Waals surface area contributed by atoms with Crippen molar-refractivity contribution in [2.45, 2.75) is 19.0 Å². The number of nitrogens with one attached hydrogen (secondary N) is 1. The summed E-state index contributed by atoms with van der Waals surface area (Å²) in [6.45, 7) is 3.58. The first-order valence-electron chi connectivity index (χ1n) is 4.88. The molecule has 2 fully saturated rings. The maximum absolute atomic E-state index is 11.6. The summed E-state index contributed by atoms with van der Waals surface area (Å²) in [6.07, 6.45) is 0. The number of hydrogen-bond acceptors (Lipinski definition) is 3. The number of hydrogen-bond donors (Lipinski definition) is 1. The minimum Gasteiger partial charge on any atom is -0.342 e. The minimum absolute atomic E-state index is 0.0372. The van der Waals surface area contributed by atoms with Crippen LogP contribution in [0.4, 0.5) is 0 Å². The third-order valence-corrected chi connectivity index (χ3v) is 2.97. The van der Waals surface area contributed by atoms with E-state index in [1.807, 2.05) is 0 Å². The number of carbonyl (C=O) groups excluding carboxylic acids is 2. The molecule has 2 aliphatic heterocycles. The molecule has 0 spiro atoms. The minimum atomic E-state index is -0.298. The Hall–Kier alpha value is -1.10. The van der Waals surface area contributed by atoms with Crippen molar-refractivity contribution in [3.05, 3.63) is 0 Å². The van der Waals surface area contributed by atoms with E-state index in [9.17, 15) is 9.59 Å². The molecular formula is C9H15N3O2. The molecule has 0 bridgehead atoms. The second-order valence-corrected chi connectivity index (χ2v) is 3.98. The molecule has 2 heterocycles. The third-order valence-electron chi connectivity index (χ3n) is 2.97. The molecule has 0 radical (unpaired) electrons. The Morgan fingerprint density at radius 2 is 2.14 bits per heavy atom. The van der Waals surface area contributed by atoms with Crippen molar-refractivity contribution in [3.8, 4) is 0 Å². The van der Waals surface area contributed by atoms with Crippen LogP contribution in [0.5, 0.6) is 0 Å². The van der Waals surface area contributed by atoms with Crippen LogP contribution in [0.1, 0.15) is 6.92 Å². The van der Waals surface area contributed by atoms with Crippen molar-refractivity contribution < 1.29 is 9.59 Å². The first-order valence-corrected chi connectivity index (χ1v) is 4.88. The van der Waals surface area contributed by atoms with Crippen LogP contribution in [0, 0.1) is 0 Å². The normalized spacial score (nSPS) is 33.3. The highest BCUT2D eigenvalue weighted by Gasteiger charge is 2.40. The number of amides is 2. The molecule has 14 heavy (non-hydrogen) atoms. The van der Waals surface area contributed by atoms with Crippen LogP contribution >= 0.6 is 0 Å². The first kappa shape index (κ1) is 9.45. The monoisotopic (exact) mass is 197 g/mol. The Kier molecular flexibility index (Phi) is 2.19. The standard InChI is InChI=1S/C9H15N3O2/c1-6-9(14)11(2)5-7-3-10-4-8(13)12(6)7/h6-7,10H,3-5H2,1-2H3. The molecule has 0 saturated carbocycles. The van der Waals surface area contributed by atoms with Crippen LogP contribution in [-0.2, 0) is 9.59 Å². The SMILES string of the molecule is CC1C(=O)N(C)CC2CNCC(=O)N21. The van der Waals surface area contributed by atoms with Crippen molar-refractivity contribution >= 4 is 11.8 Å². The molecule has 0 aliphatic carbocycles. The lowest BCUT2D eigenvalue weighted by atomic mass is 10.0. The summed E-state index contributed by atoms with van der Waals surface area (Å²) in [5, 5.41) is 3.06. The van der Waals surface area contributed by atoms with Gasteiger partial charge in [-0.15, -0.1) is 0 Å². The quantitative estimate of drug-likeness (QED) is 0.522. The van der Waals surface area contributed by atoms with Crippen LogP contribution in [0.2, 0.25) is 0 Å². The Labute approximate surface area is 83.0 Å². The zero-order valence-electron chi connectivity index (χ0n) is 8.49. The number of likely N-dealkylation sites (N-methyl/N-ethyl adjacent to an activating group) is 1. The fraction of sp³-hybridized carbons (Fsp3) is 0.778. The second kappa shape index (κ2) is 3.24. The Balaban J connectivity index is 2.22. The Morgan fingerprint density at radius 3 is 2.86 bits per heavy atom. The molecule has 78 valence electrons. The lowest BCUT2D eigenvalue weighted by molar-refractivity contribution is -0.155. The maximum atomic E-state index is 11.6. The topological polar surface area (TPSA) is 52.7 Å². The fourth-order valence-corrected chi connectivity index (χ4v) is 2.27. The van der Waals surface area contributed by atoms with Gasteiger partial charge in [0.25, 0.3) is 0 Å². The molecule has 2 atom stereocenters. The highest BCUT2D eigenvalue weighted by atomic mass is 16.2. The van der Waals surface area contributed by atoms with E-state index in [0.717, 1.165) is 6.54 Å². The molecule has 0 aromatic heterocycles. The van der Waals surface area contributed by atoms with Gasteiger partial charge < -0.3 is 15.1 Å². The summed E-state index contributed by atoms with van der Waals surface area (Å²) in [6, 6.07) is -0.151. The number of rotatable bonds is 0. The van der Waals surface area contributed by atoms with Gasteiger partial charge in [0.2, 0.25) is 11.8 Å². The van der Waals surface area contributed by atoms with Crippen molar-refractivity contribution in [2.24, 2.45) is 0 Å². The molecule has 5 nitrogen and oxygen atoms in total. The summed E-state index contributed by atoms with van der Waals surface area (Å²) in [7, 11) is 1.79. The van der Waals surface area contributed by atoms with Crippen molar-refractivity contribution in [1.82, 2.24) is 15.1 Å². The zero-order chi connectivity index (χ0) is 10.3. The number of carbonyl (C=O) groups is 2. The molecule has 2 saturated heterocycles. The summed E-state index contributed by atoms with van der Waals surface area (Å²) >= 11 is 0. The van der Waals surface area contributed by atoms with E-state index in [0.29, 0.717) is 13.1 Å². The molecule has 0 aromatic carbocycles. The molecule has 0 aromatic rings. The van der Waals surface area contributed by atoms with Gasteiger partial charge in [-0.1, -0.05) is 0 Å². The fourth-order valence-electron chi connectivity index (χ4n) is 2.27. The van der Waals surface area contributed by atoms with Gasteiger partial charge in [-0.2, -0.15) is 0 Å². The van der Waals surface area contributed by atoms with Gasteiger partial charge in [-0.25, -0.2) is 0 Å². The summed E-state index contributed by atoms with van der Waals surface area (Å²) in [5.41, 5.74) is 0. The van der Waals surface area contributed by atoms with E-state index in [2.05, 4.69) is 5.32 Å². The van der Waals surface area contributed by atoms with Crippen molar-refractivity contribution in [1.29, 1.82) is 0 Å². The average Bonchev–Trinajstić information content (AvgIpc) is 2.14. The highest BCUT2D eigenvalue weighted by Crippen LogP contribution is 2.17. The lowest BCUT2D eigenvalue weighted by Crippen LogP contribution is -2.67. The summed E-state index contributed by atoms with van der Waals surface area (Å²) in [4.78, 5) is 26.6. The van der Waals surface area contributed by atoms with Gasteiger partial charge in [0, 0.05) is 20.1 Å². The smallest absolute Gasteiger partial charge is 0.244 e. The number of nitrogens with zero attached hydrogens (tertiary/aromatic N) is 2. The molecule has 1 N–H and O–H groups in total. The highest BCUT2D eigenvalue weighted by molar-refractivity contribution is 5.90. The van der Waals surface area contributed by atoms with Gasteiger partial charge in [0.15, 0.2) is 0 Å². The average molecular weight is 197 g/mol. The lowest BCUT2D eigenvalue weighted by Gasteiger charge is -2.46. The van der Waals surface area contributed by atoms with Gasteiger partial charge >= 0.3 is 0 Å². The molecule has 2 unspecified atom stereocenters. The van der Waals surface area contributed by atoms with Gasteiger partial charge in [0.05, 0.1) is 12.6 Å². The zero-order valence-corrected chi connectivity index (χ0v) is 8.49.